The monoisotopic (exact) mass is 412 g/mol. The van der Waals surface area contributed by atoms with Crippen molar-refractivity contribution >= 4 is 12.0 Å². The molecule has 0 saturated carbocycles. The third-order valence-electron chi connectivity index (χ3n) is 4.82. The van der Waals surface area contributed by atoms with Crippen LogP contribution in [0.15, 0.2) is 90.3 Å². The molecule has 1 unspecified atom stereocenters. The Morgan fingerprint density at radius 2 is 1.84 bits per heavy atom. The lowest BCUT2D eigenvalue weighted by atomic mass is 9.83. The molecular formula is C25H17FN2O3. The second-order valence-electron chi connectivity index (χ2n) is 6.84. The van der Waals surface area contributed by atoms with Crippen LogP contribution in [-0.2, 0) is 4.79 Å². The summed E-state index contributed by atoms with van der Waals surface area (Å²) in [6, 6.07) is 22.2. The summed E-state index contributed by atoms with van der Waals surface area (Å²) < 4.78 is 24.4. The lowest BCUT2D eigenvalue weighted by Gasteiger charge is -2.26. The summed E-state index contributed by atoms with van der Waals surface area (Å²) in [5.41, 5.74) is 8.43. The summed E-state index contributed by atoms with van der Waals surface area (Å²) >= 11 is 0. The van der Waals surface area contributed by atoms with Gasteiger partial charge in [-0.3, -0.25) is 0 Å². The van der Waals surface area contributed by atoms with Gasteiger partial charge in [-0.2, -0.15) is 5.26 Å². The lowest BCUT2D eigenvalue weighted by Crippen LogP contribution is -2.21. The molecular weight excluding hydrogens is 395 g/mol. The van der Waals surface area contributed by atoms with Gasteiger partial charge in [0.1, 0.15) is 29.0 Å². The maximum Gasteiger partial charge on any atom is 0.336 e. The largest absolute Gasteiger partial charge is 0.440 e. The number of ether oxygens (including phenoxy) is 2. The number of carbonyl (C=O) groups excluding carboxylic acids is 1. The number of hydrogen-bond donors (Lipinski definition) is 1. The van der Waals surface area contributed by atoms with Gasteiger partial charge in [-0.25, -0.2) is 9.18 Å². The van der Waals surface area contributed by atoms with Crippen molar-refractivity contribution in [3.8, 4) is 17.6 Å². The van der Waals surface area contributed by atoms with E-state index in [-0.39, 0.29) is 23.0 Å². The van der Waals surface area contributed by atoms with Gasteiger partial charge in [0, 0.05) is 17.7 Å². The number of carbonyl (C=O) groups is 1. The summed E-state index contributed by atoms with van der Waals surface area (Å²) in [6.07, 6.45) is 2.99. The van der Waals surface area contributed by atoms with Crippen LogP contribution in [0.4, 0.5) is 4.39 Å². The average Bonchev–Trinajstić information content (AvgIpc) is 2.78. The van der Waals surface area contributed by atoms with E-state index in [4.69, 9.17) is 15.2 Å². The van der Waals surface area contributed by atoms with Gasteiger partial charge in [0.15, 0.2) is 0 Å². The van der Waals surface area contributed by atoms with Crippen LogP contribution in [0.3, 0.4) is 0 Å². The SMILES string of the molecule is N#CC1=C(N)Oc2cc(OC(=O)/C=C/c3ccccc3)ccc2C1c1ccc(F)cc1. The first kappa shape index (κ1) is 19.9. The first-order valence-corrected chi connectivity index (χ1v) is 9.47. The van der Waals surface area contributed by atoms with Crippen LogP contribution >= 0.6 is 0 Å². The Hall–Kier alpha value is -4.37. The molecule has 0 aromatic heterocycles. The third kappa shape index (κ3) is 4.31. The second kappa shape index (κ2) is 8.56. The highest BCUT2D eigenvalue weighted by molar-refractivity contribution is 5.88. The minimum Gasteiger partial charge on any atom is -0.440 e. The molecule has 1 aliphatic rings. The molecule has 3 aromatic carbocycles. The summed E-state index contributed by atoms with van der Waals surface area (Å²) in [5.74, 6) is -0.849. The van der Waals surface area contributed by atoms with E-state index in [1.54, 1.807) is 36.4 Å². The number of rotatable bonds is 4. The molecule has 0 radical (unpaired) electrons. The van der Waals surface area contributed by atoms with Crippen molar-refractivity contribution < 1.29 is 18.7 Å². The smallest absolute Gasteiger partial charge is 0.336 e. The molecule has 0 saturated heterocycles. The molecule has 0 bridgehead atoms. The number of hydrogen-bond acceptors (Lipinski definition) is 5. The van der Waals surface area contributed by atoms with Crippen LogP contribution in [0.5, 0.6) is 11.5 Å². The van der Waals surface area contributed by atoms with Crippen LogP contribution in [0.2, 0.25) is 0 Å². The van der Waals surface area contributed by atoms with E-state index < -0.39 is 11.9 Å². The molecule has 5 nitrogen and oxygen atoms in total. The topological polar surface area (TPSA) is 85.3 Å². The zero-order valence-electron chi connectivity index (χ0n) is 16.3. The van der Waals surface area contributed by atoms with Gasteiger partial charge in [-0.1, -0.05) is 48.5 Å². The molecule has 1 atom stereocenters. The fourth-order valence-corrected chi connectivity index (χ4v) is 3.38. The van der Waals surface area contributed by atoms with Gasteiger partial charge in [0.05, 0.1) is 5.92 Å². The van der Waals surface area contributed by atoms with Gasteiger partial charge < -0.3 is 15.2 Å². The number of fused-ring (bicyclic) bond motifs is 1. The Kier molecular flexibility index (Phi) is 5.50. The molecule has 3 aromatic rings. The third-order valence-corrected chi connectivity index (χ3v) is 4.82. The van der Waals surface area contributed by atoms with E-state index in [1.165, 1.54) is 18.2 Å². The number of nitrogens with zero attached hydrogens (tertiary/aromatic N) is 1. The van der Waals surface area contributed by atoms with E-state index in [9.17, 15) is 14.4 Å². The van der Waals surface area contributed by atoms with E-state index in [2.05, 4.69) is 6.07 Å². The van der Waals surface area contributed by atoms with Crippen LogP contribution in [0, 0.1) is 17.1 Å². The van der Waals surface area contributed by atoms with Crippen molar-refractivity contribution in [2.75, 3.05) is 0 Å². The molecule has 31 heavy (non-hydrogen) atoms. The molecule has 1 heterocycles. The zero-order chi connectivity index (χ0) is 21.8. The van der Waals surface area contributed by atoms with Gasteiger partial charge in [0.2, 0.25) is 5.88 Å². The number of nitrogens with two attached hydrogens (primary N) is 1. The second-order valence-corrected chi connectivity index (χ2v) is 6.84. The summed E-state index contributed by atoms with van der Waals surface area (Å²) in [7, 11) is 0. The number of allylic oxidation sites excluding steroid dienone is 1. The maximum atomic E-state index is 13.4. The molecule has 4 rings (SSSR count). The molecule has 0 aliphatic carbocycles. The van der Waals surface area contributed by atoms with Crippen molar-refractivity contribution in [2.24, 2.45) is 5.73 Å². The first-order valence-electron chi connectivity index (χ1n) is 9.47. The van der Waals surface area contributed by atoms with Gasteiger partial charge >= 0.3 is 5.97 Å². The van der Waals surface area contributed by atoms with Crippen LogP contribution < -0.4 is 15.2 Å². The van der Waals surface area contributed by atoms with E-state index in [0.717, 1.165) is 5.56 Å². The highest BCUT2D eigenvalue weighted by Gasteiger charge is 2.31. The Morgan fingerprint density at radius 1 is 1.10 bits per heavy atom. The van der Waals surface area contributed by atoms with Crippen molar-refractivity contribution in [1.82, 2.24) is 0 Å². The summed E-state index contributed by atoms with van der Waals surface area (Å²) in [5, 5.41) is 9.58. The zero-order valence-corrected chi connectivity index (χ0v) is 16.3. The molecule has 0 amide bonds. The molecule has 0 spiro atoms. The number of esters is 1. The van der Waals surface area contributed by atoms with Crippen LogP contribution in [0.1, 0.15) is 22.6 Å². The minimum absolute atomic E-state index is 0.0447. The normalized spacial score (nSPS) is 15.2. The first-order chi connectivity index (χ1) is 15.0. The molecule has 1 aliphatic heterocycles. The highest BCUT2D eigenvalue weighted by Crippen LogP contribution is 2.43. The molecule has 0 fully saturated rings. The summed E-state index contributed by atoms with van der Waals surface area (Å²) in [6.45, 7) is 0. The summed E-state index contributed by atoms with van der Waals surface area (Å²) in [4.78, 5) is 12.2. The van der Waals surface area contributed by atoms with E-state index in [1.807, 2.05) is 30.3 Å². The fraction of sp³-hybridized carbons (Fsp3) is 0.0400. The van der Waals surface area contributed by atoms with Gasteiger partial charge in [-0.15, -0.1) is 0 Å². The number of benzene rings is 3. The highest BCUT2D eigenvalue weighted by atomic mass is 19.1. The Balaban J connectivity index is 1.61. The average molecular weight is 412 g/mol. The van der Waals surface area contributed by atoms with Crippen molar-refractivity contribution in [3.05, 3.63) is 113 Å². The molecule has 152 valence electrons. The standard InChI is InChI=1S/C25H17FN2O3/c26-18-9-7-17(8-10-18)24-20-12-11-19(14-22(20)31-25(28)21(24)15-27)30-23(29)13-6-16-4-2-1-3-5-16/h1-14,24H,28H2/b13-6+. The minimum atomic E-state index is -0.545. The van der Waals surface area contributed by atoms with Gasteiger partial charge in [-0.05, 0) is 35.4 Å². The number of halogens is 1. The number of nitriles is 1. The maximum absolute atomic E-state index is 13.4. The van der Waals surface area contributed by atoms with E-state index in [0.29, 0.717) is 16.9 Å². The predicted molar refractivity (Wildman–Crippen MR) is 113 cm³/mol. The predicted octanol–water partition coefficient (Wildman–Crippen LogP) is 4.66. The Labute approximate surface area is 178 Å². The van der Waals surface area contributed by atoms with Crippen LogP contribution in [0.25, 0.3) is 6.08 Å². The van der Waals surface area contributed by atoms with Crippen molar-refractivity contribution in [2.45, 2.75) is 5.92 Å². The van der Waals surface area contributed by atoms with Crippen molar-refractivity contribution in [1.29, 1.82) is 5.26 Å². The molecule has 2 N–H and O–H groups in total. The Bertz CT molecular complexity index is 1230. The van der Waals surface area contributed by atoms with Crippen LogP contribution in [-0.4, -0.2) is 5.97 Å². The van der Waals surface area contributed by atoms with Gasteiger partial charge in [0.25, 0.3) is 0 Å². The quantitative estimate of drug-likeness (QED) is 0.383. The van der Waals surface area contributed by atoms with E-state index >= 15 is 0 Å². The Morgan fingerprint density at radius 3 is 2.55 bits per heavy atom. The fourth-order valence-electron chi connectivity index (χ4n) is 3.38. The molecule has 6 heteroatoms. The lowest BCUT2D eigenvalue weighted by molar-refractivity contribution is -0.128. The van der Waals surface area contributed by atoms with Crippen molar-refractivity contribution in [3.63, 3.8) is 0 Å².